The second kappa shape index (κ2) is 6.77. The van der Waals surface area contributed by atoms with Crippen LogP contribution in [0.25, 0.3) is 10.2 Å². The van der Waals surface area contributed by atoms with Gasteiger partial charge in [0.15, 0.2) is 5.13 Å². The van der Waals surface area contributed by atoms with E-state index < -0.39 is 0 Å². The number of benzene rings is 1. The summed E-state index contributed by atoms with van der Waals surface area (Å²) in [5.74, 6) is 0.706. The van der Waals surface area contributed by atoms with Crippen molar-refractivity contribution in [1.29, 1.82) is 0 Å². The SMILES string of the molecule is COC12CCC(Oc3ccccn3)CC1N(c1nc3ccccc3s1)CC2. The Morgan fingerprint density at radius 2 is 2.04 bits per heavy atom. The number of rotatable bonds is 4. The van der Waals surface area contributed by atoms with E-state index >= 15 is 0 Å². The summed E-state index contributed by atoms with van der Waals surface area (Å²) in [4.78, 5) is 11.7. The molecule has 1 saturated carbocycles. The summed E-state index contributed by atoms with van der Waals surface area (Å²) >= 11 is 1.77. The third-order valence-corrected chi connectivity index (χ3v) is 7.07. The molecule has 2 fully saturated rings. The molecular weight excluding hydrogens is 358 g/mol. The maximum atomic E-state index is 6.19. The van der Waals surface area contributed by atoms with Gasteiger partial charge >= 0.3 is 0 Å². The molecule has 5 rings (SSSR count). The van der Waals surface area contributed by atoms with Gasteiger partial charge in [0.1, 0.15) is 6.10 Å². The first-order valence-corrected chi connectivity index (χ1v) is 10.3. The fourth-order valence-electron chi connectivity index (χ4n) is 4.57. The van der Waals surface area contributed by atoms with Crippen molar-refractivity contribution in [2.75, 3.05) is 18.6 Å². The van der Waals surface area contributed by atoms with Crippen molar-refractivity contribution in [3.05, 3.63) is 48.7 Å². The lowest BCUT2D eigenvalue weighted by molar-refractivity contribution is -0.0607. The molecule has 0 bridgehead atoms. The highest BCUT2D eigenvalue weighted by molar-refractivity contribution is 7.22. The van der Waals surface area contributed by atoms with Crippen molar-refractivity contribution in [2.24, 2.45) is 0 Å². The van der Waals surface area contributed by atoms with Gasteiger partial charge in [0.25, 0.3) is 0 Å². The standard InChI is InChI=1S/C21H23N3O2S/c1-25-21-10-9-15(26-19-8-4-5-12-22-19)14-18(21)24(13-11-21)20-23-16-6-2-3-7-17(16)27-20/h2-8,12,15,18H,9-11,13-14H2,1H3. The molecule has 0 amide bonds. The van der Waals surface area contributed by atoms with Crippen LogP contribution in [-0.2, 0) is 4.74 Å². The monoisotopic (exact) mass is 381 g/mol. The molecule has 1 aromatic carbocycles. The van der Waals surface area contributed by atoms with Crippen LogP contribution in [0.4, 0.5) is 5.13 Å². The Balaban J connectivity index is 1.42. The van der Waals surface area contributed by atoms with Crippen molar-refractivity contribution >= 4 is 26.7 Å². The lowest BCUT2D eigenvalue weighted by atomic mass is 9.79. The average molecular weight is 382 g/mol. The molecule has 1 aliphatic heterocycles. The van der Waals surface area contributed by atoms with Crippen LogP contribution in [0, 0.1) is 0 Å². The van der Waals surface area contributed by atoms with Crippen LogP contribution in [0.1, 0.15) is 25.7 Å². The Hall–Kier alpha value is -2.18. The lowest BCUT2D eigenvalue weighted by Crippen LogP contribution is -2.52. The fourth-order valence-corrected chi connectivity index (χ4v) is 5.61. The zero-order chi connectivity index (χ0) is 18.3. The van der Waals surface area contributed by atoms with E-state index in [0.29, 0.717) is 5.88 Å². The van der Waals surface area contributed by atoms with E-state index in [1.165, 1.54) is 4.70 Å². The first-order chi connectivity index (χ1) is 13.3. The van der Waals surface area contributed by atoms with Crippen LogP contribution in [0.3, 0.4) is 0 Å². The molecule has 140 valence electrons. The van der Waals surface area contributed by atoms with Gasteiger partial charge in [-0.3, -0.25) is 0 Å². The Bertz CT molecular complexity index is 898. The van der Waals surface area contributed by atoms with E-state index in [1.54, 1.807) is 17.5 Å². The summed E-state index contributed by atoms with van der Waals surface area (Å²) in [6.45, 7) is 0.981. The maximum absolute atomic E-state index is 6.19. The number of para-hydroxylation sites is 1. The molecule has 3 atom stereocenters. The molecular formula is C21H23N3O2S. The molecule has 3 unspecified atom stereocenters. The minimum Gasteiger partial charge on any atom is -0.474 e. The molecule has 0 spiro atoms. The number of hydrogen-bond acceptors (Lipinski definition) is 6. The minimum atomic E-state index is -0.0954. The highest BCUT2D eigenvalue weighted by Crippen LogP contribution is 2.46. The van der Waals surface area contributed by atoms with Gasteiger partial charge in [-0.05, 0) is 37.5 Å². The summed E-state index contributed by atoms with van der Waals surface area (Å²) in [7, 11) is 1.86. The van der Waals surface area contributed by atoms with E-state index in [2.05, 4.69) is 28.1 Å². The van der Waals surface area contributed by atoms with Gasteiger partial charge in [-0.2, -0.15) is 0 Å². The largest absolute Gasteiger partial charge is 0.474 e. The van der Waals surface area contributed by atoms with Gasteiger partial charge < -0.3 is 14.4 Å². The number of anilines is 1. The van der Waals surface area contributed by atoms with Crippen molar-refractivity contribution in [1.82, 2.24) is 9.97 Å². The number of pyridine rings is 1. The summed E-state index contributed by atoms with van der Waals surface area (Å²) in [6, 6.07) is 14.4. The first-order valence-electron chi connectivity index (χ1n) is 9.52. The van der Waals surface area contributed by atoms with Crippen molar-refractivity contribution in [3.8, 4) is 5.88 Å². The number of fused-ring (bicyclic) bond motifs is 2. The van der Waals surface area contributed by atoms with Crippen LogP contribution >= 0.6 is 11.3 Å². The van der Waals surface area contributed by atoms with Crippen LogP contribution < -0.4 is 9.64 Å². The normalized spacial score (nSPS) is 27.7. The second-order valence-corrected chi connectivity index (χ2v) is 8.38. The van der Waals surface area contributed by atoms with Crippen LogP contribution in [0.15, 0.2) is 48.7 Å². The van der Waals surface area contributed by atoms with Crippen LogP contribution in [-0.4, -0.2) is 41.4 Å². The number of methoxy groups -OCH3 is 1. The zero-order valence-corrected chi connectivity index (χ0v) is 16.2. The number of aromatic nitrogens is 2. The number of ether oxygens (including phenoxy) is 2. The number of nitrogens with zero attached hydrogens (tertiary/aromatic N) is 3. The molecule has 5 nitrogen and oxygen atoms in total. The van der Waals surface area contributed by atoms with Gasteiger partial charge in [-0.1, -0.05) is 29.5 Å². The summed E-state index contributed by atoms with van der Waals surface area (Å²) in [5, 5.41) is 1.10. The molecule has 2 aliphatic rings. The predicted octanol–water partition coefficient (Wildman–Crippen LogP) is 4.29. The van der Waals surface area contributed by atoms with Gasteiger partial charge in [0, 0.05) is 32.3 Å². The van der Waals surface area contributed by atoms with E-state index in [9.17, 15) is 0 Å². The molecule has 3 heterocycles. The Morgan fingerprint density at radius 1 is 1.15 bits per heavy atom. The van der Waals surface area contributed by atoms with Crippen molar-refractivity contribution in [2.45, 2.75) is 43.4 Å². The minimum absolute atomic E-state index is 0.0954. The maximum Gasteiger partial charge on any atom is 0.213 e. The third-order valence-electron chi connectivity index (χ3n) is 6.00. The molecule has 2 aromatic heterocycles. The lowest BCUT2D eigenvalue weighted by Gasteiger charge is -2.43. The van der Waals surface area contributed by atoms with Gasteiger partial charge in [0.05, 0.1) is 21.9 Å². The topological polar surface area (TPSA) is 47.5 Å². The molecule has 1 aliphatic carbocycles. The van der Waals surface area contributed by atoms with Crippen molar-refractivity contribution in [3.63, 3.8) is 0 Å². The highest BCUT2D eigenvalue weighted by atomic mass is 32.1. The summed E-state index contributed by atoms with van der Waals surface area (Å²) in [6.07, 6.45) is 5.91. The molecule has 3 aromatic rings. The smallest absolute Gasteiger partial charge is 0.213 e. The molecule has 27 heavy (non-hydrogen) atoms. The first kappa shape index (κ1) is 17.0. The Kier molecular flexibility index (Phi) is 4.25. The Labute approximate surface area is 163 Å². The van der Waals surface area contributed by atoms with Gasteiger partial charge in [-0.25, -0.2) is 9.97 Å². The predicted molar refractivity (Wildman–Crippen MR) is 108 cm³/mol. The molecule has 0 radical (unpaired) electrons. The number of thiazole rings is 1. The quantitative estimate of drug-likeness (QED) is 0.675. The number of hydrogen-bond donors (Lipinski definition) is 0. The van der Waals surface area contributed by atoms with Crippen molar-refractivity contribution < 1.29 is 9.47 Å². The third kappa shape index (κ3) is 2.97. The van der Waals surface area contributed by atoms with E-state index in [1.807, 2.05) is 31.4 Å². The molecule has 6 heteroatoms. The summed E-state index contributed by atoms with van der Waals surface area (Å²) in [5.41, 5.74) is 0.978. The summed E-state index contributed by atoms with van der Waals surface area (Å²) < 4.78 is 13.5. The van der Waals surface area contributed by atoms with E-state index in [4.69, 9.17) is 14.5 Å². The molecule has 0 N–H and O–H groups in total. The van der Waals surface area contributed by atoms with E-state index in [0.717, 1.165) is 42.9 Å². The Morgan fingerprint density at radius 3 is 2.85 bits per heavy atom. The van der Waals surface area contributed by atoms with Gasteiger partial charge in [-0.15, -0.1) is 0 Å². The van der Waals surface area contributed by atoms with Crippen LogP contribution in [0.2, 0.25) is 0 Å². The fraction of sp³-hybridized carbons (Fsp3) is 0.429. The molecule has 1 saturated heterocycles. The second-order valence-electron chi connectivity index (χ2n) is 7.37. The van der Waals surface area contributed by atoms with E-state index in [-0.39, 0.29) is 17.7 Å². The van der Waals surface area contributed by atoms with Crippen LogP contribution in [0.5, 0.6) is 5.88 Å². The van der Waals surface area contributed by atoms with Gasteiger partial charge in [0.2, 0.25) is 5.88 Å². The zero-order valence-electron chi connectivity index (χ0n) is 15.4. The average Bonchev–Trinajstić information content (AvgIpc) is 3.30. The highest BCUT2D eigenvalue weighted by Gasteiger charge is 2.52.